The van der Waals surface area contributed by atoms with E-state index in [0.717, 1.165) is 38.0 Å². The van der Waals surface area contributed by atoms with Crippen LogP contribution in [0.3, 0.4) is 0 Å². The van der Waals surface area contributed by atoms with Gasteiger partial charge in [0.25, 0.3) is 0 Å². The number of amides is 1. The minimum Gasteiger partial charge on any atom is -0.481 e. The Kier molecular flexibility index (Phi) is 7.07. The average Bonchev–Trinajstić information content (AvgIpc) is 2.65. The van der Waals surface area contributed by atoms with E-state index >= 15 is 0 Å². The number of esters is 1. The van der Waals surface area contributed by atoms with Crippen molar-refractivity contribution in [1.82, 2.24) is 15.2 Å². The van der Waals surface area contributed by atoms with Crippen LogP contribution in [0.4, 0.5) is 0 Å². The van der Waals surface area contributed by atoms with Crippen LogP contribution >= 0.6 is 0 Å². The van der Waals surface area contributed by atoms with Gasteiger partial charge >= 0.3 is 5.97 Å². The molecule has 30 heavy (non-hydrogen) atoms. The fourth-order valence-corrected chi connectivity index (χ4v) is 4.45. The molecule has 1 aliphatic heterocycles. The average molecular weight is 418 g/mol. The lowest BCUT2D eigenvalue weighted by molar-refractivity contribution is -0.147. The van der Waals surface area contributed by atoms with Crippen LogP contribution in [-0.4, -0.2) is 60.9 Å². The molecule has 1 saturated heterocycles. The van der Waals surface area contributed by atoms with Gasteiger partial charge in [-0.3, -0.25) is 14.4 Å². The first-order valence-electron chi connectivity index (χ1n) is 10.5. The highest BCUT2D eigenvalue weighted by atomic mass is 16.5. The molecule has 1 spiro atoms. The molecule has 8 heteroatoms. The number of hydrogen-bond acceptors (Lipinski definition) is 7. The minimum absolute atomic E-state index is 0.0343. The molecule has 1 N–H and O–H groups in total. The molecular formula is C22H31N3O5. The number of aromatic nitrogens is 1. The van der Waals surface area contributed by atoms with Crippen LogP contribution < -0.4 is 10.1 Å². The molecule has 0 unspecified atom stereocenters. The van der Waals surface area contributed by atoms with E-state index < -0.39 is 6.04 Å². The fourth-order valence-electron chi connectivity index (χ4n) is 4.45. The summed E-state index contributed by atoms with van der Waals surface area (Å²) in [5, 5.41) is 3.02. The van der Waals surface area contributed by atoms with Crippen LogP contribution in [0, 0.1) is 11.3 Å². The van der Waals surface area contributed by atoms with Gasteiger partial charge < -0.3 is 19.7 Å². The highest BCUT2D eigenvalue weighted by molar-refractivity contribution is 5.81. The lowest BCUT2D eigenvalue weighted by Crippen LogP contribution is -2.64. The minimum atomic E-state index is -0.486. The van der Waals surface area contributed by atoms with E-state index in [9.17, 15) is 14.4 Å². The first kappa shape index (κ1) is 22.2. The Morgan fingerprint density at radius 3 is 2.60 bits per heavy atom. The molecule has 1 aliphatic carbocycles. The summed E-state index contributed by atoms with van der Waals surface area (Å²) in [6.07, 6.45) is 3.96. The zero-order chi connectivity index (χ0) is 21.7. The predicted molar refractivity (Wildman–Crippen MR) is 110 cm³/mol. The molecule has 1 aromatic heterocycles. The van der Waals surface area contributed by atoms with Crippen molar-refractivity contribution in [3.05, 3.63) is 23.9 Å². The fraction of sp³-hybridized carbons (Fsp3) is 0.636. The Hall–Kier alpha value is -2.48. The number of carbonyl (C=O) groups is 3. The molecule has 8 nitrogen and oxygen atoms in total. The Morgan fingerprint density at radius 1 is 1.30 bits per heavy atom. The van der Waals surface area contributed by atoms with Crippen molar-refractivity contribution in [3.63, 3.8) is 0 Å². The van der Waals surface area contributed by atoms with Crippen molar-refractivity contribution in [3.8, 4) is 5.88 Å². The molecule has 2 fully saturated rings. The first-order valence-corrected chi connectivity index (χ1v) is 10.5. The first-order chi connectivity index (χ1) is 14.3. The largest absolute Gasteiger partial charge is 0.481 e. The molecule has 164 valence electrons. The Balaban J connectivity index is 1.53. The summed E-state index contributed by atoms with van der Waals surface area (Å²) < 4.78 is 10.1. The van der Waals surface area contributed by atoms with Crippen LogP contribution in [0.2, 0.25) is 0 Å². The number of methoxy groups -OCH3 is 1. The molecule has 1 amide bonds. The van der Waals surface area contributed by atoms with Crippen LogP contribution in [-0.2, 0) is 19.1 Å². The van der Waals surface area contributed by atoms with Crippen LogP contribution in [0.1, 0.15) is 51.1 Å². The number of pyridine rings is 1. The van der Waals surface area contributed by atoms with Gasteiger partial charge in [-0.2, -0.15) is 0 Å². The SMILES string of the molecule is CCOC(=O)C[C@H](NC(=O)C1CC2(C1)CN(CCC(C)=O)C2)c1ccc(OC)nc1. The topological polar surface area (TPSA) is 97.8 Å². The molecule has 2 aliphatic rings. The summed E-state index contributed by atoms with van der Waals surface area (Å²) in [5.41, 5.74) is 0.960. The maximum atomic E-state index is 12.8. The van der Waals surface area contributed by atoms with Crippen LogP contribution in [0.15, 0.2) is 18.3 Å². The van der Waals surface area contributed by atoms with Crippen molar-refractivity contribution in [2.24, 2.45) is 11.3 Å². The second-order valence-corrected chi connectivity index (χ2v) is 8.47. The molecule has 0 aromatic carbocycles. The second kappa shape index (κ2) is 9.55. The number of nitrogens with zero attached hydrogens (tertiary/aromatic N) is 2. The standard InChI is InChI=1S/C22H31N3O5/c1-4-30-20(27)9-18(16-5-6-19(29-3)23-12-16)24-21(28)17-10-22(11-17)13-25(14-22)8-7-15(2)26/h5-6,12,17-18H,4,7-11,13-14H2,1-3H3,(H,24,28)/t18-/m0/s1. The van der Waals surface area contributed by atoms with Crippen LogP contribution in [0.5, 0.6) is 5.88 Å². The molecule has 0 radical (unpaired) electrons. The highest BCUT2D eigenvalue weighted by Gasteiger charge is 2.54. The normalized spacial score (nSPS) is 18.8. The number of rotatable bonds is 10. The van der Waals surface area contributed by atoms with Crippen LogP contribution in [0.25, 0.3) is 0 Å². The van der Waals surface area contributed by atoms with E-state index in [4.69, 9.17) is 9.47 Å². The van der Waals surface area contributed by atoms with Gasteiger partial charge in [-0.1, -0.05) is 6.07 Å². The molecule has 1 aromatic rings. The molecular weight excluding hydrogens is 386 g/mol. The molecule has 1 saturated carbocycles. The van der Waals surface area contributed by atoms with E-state index in [2.05, 4.69) is 15.2 Å². The summed E-state index contributed by atoms with van der Waals surface area (Å²) in [6, 6.07) is 3.03. The Labute approximate surface area is 177 Å². The van der Waals surface area contributed by atoms with Gasteiger partial charge in [0.15, 0.2) is 0 Å². The van der Waals surface area contributed by atoms with Gasteiger partial charge in [-0.15, -0.1) is 0 Å². The summed E-state index contributed by atoms with van der Waals surface area (Å²) in [7, 11) is 1.54. The Morgan fingerprint density at radius 2 is 2.03 bits per heavy atom. The third-order valence-electron chi connectivity index (χ3n) is 5.99. The lowest BCUT2D eigenvalue weighted by atomic mass is 9.57. The number of ether oxygens (including phenoxy) is 2. The van der Waals surface area contributed by atoms with Gasteiger partial charge in [-0.05, 0) is 37.7 Å². The number of carbonyl (C=O) groups excluding carboxylic acids is 3. The third-order valence-corrected chi connectivity index (χ3v) is 5.99. The Bertz CT molecular complexity index is 765. The van der Waals surface area contributed by atoms with Gasteiger partial charge in [0.1, 0.15) is 5.78 Å². The molecule has 0 bridgehead atoms. The summed E-state index contributed by atoms with van der Waals surface area (Å²) in [5.74, 6) is 0.246. The van der Waals surface area contributed by atoms with E-state index in [1.807, 2.05) is 0 Å². The smallest absolute Gasteiger partial charge is 0.308 e. The lowest BCUT2D eigenvalue weighted by Gasteiger charge is -2.59. The van der Waals surface area contributed by atoms with Gasteiger partial charge in [-0.25, -0.2) is 4.98 Å². The van der Waals surface area contributed by atoms with Crippen molar-refractivity contribution >= 4 is 17.7 Å². The van der Waals surface area contributed by atoms with E-state index in [1.54, 1.807) is 32.2 Å². The van der Waals surface area contributed by atoms with Crippen molar-refractivity contribution < 1.29 is 23.9 Å². The zero-order valence-corrected chi connectivity index (χ0v) is 18.0. The molecule has 2 heterocycles. The number of likely N-dealkylation sites (tertiary alicyclic amines) is 1. The summed E-state index contributed by atoms with van der Waals surface area (Å²) >= 11 is 0. The second-order valence-electron chi connectivity index (χ2n) is 8.47. The van der Waals surface area contributed by atoms with Crippen molar-refractivity contribution in [2.45, 2.75) is 45.6 Å². The van der Waals surface area contributed by atoms with Crippen molar-refractivity contribution in [1.29, 1.82) is 0 Å². The van der Waals surface area contributed by atoms with Gasteiger partial charge in [0.05, 0.1) is 26.2 Å². The maximum absolute atomic E-state index is 12.8. The highest BCUT2D eigenvalue weighted by Crippen LogP contribution is 2.52. The molecule has 3 rings (SSSR count). The van der Waals surface area contributed by atoms with E-state index in [-0.39, 0.29) is 35.4 Å². The third kappa shape index (κ3) is 5.36. The number of hydrogen-bond donors (Lipinski definition) is 1. The number of Topliss-reactive ketones (excluding diaryl/α,β-unsaturated/α-hetero) is 1. The number of nitrogens with one attached hydrogen (secondary N) is 1. The predicted octanol–water partition coefficient (Wildman–Crippen LogP) is 1.89. The van der Waals surface area contributed by atoms with Crippen molar-refractivity contribution in [2.75, 3.05) is 33.4 Å². The summed E-state index contributed by atoms with van der Waals surface area (Å²) in [6.45, 7) is 6.39. The monoisotopic (exact) mass is 417 g/mol. The maximum Gasteiger partial charge on any atom is 0.308 e. The molecule has 1 atom stereocenters. The van der Waals surface area contributed by atoms with Gasteiger partial charge in [0.2, 0.25) is 11.8 Å². The van der Waals surface area contributed by atoms with E-state index in [0.29, 0.717) is 18.9 Å². The number of ketones is 1. The zero-order valence-electron chi connectivity index (χ0n) is 18.0. The van der Waals surface area contributed by atoms with E-state index in [1.165, 1.54) is 7.11 Å². The van der Waals surface area contributed by atoms with Gasteiger partial charge in [0, 0.05) is 44.2 Å². The summed E-state index contributed by atoms with van der Waals surface area (Å²) in [4.78, 5) is 42.5. The quantitative estimate of drug-likeness (QED) is 0.581.